The van der Waals surface area contributed by atoms with Crippen molar-refractivity contribution in [1.82, 2.24) is 10.2 Å². The number of nitrogens with zero attached hydrogens (tertiary/aromatic N) is 1. The summed E-state index contributed by atoms with van der Waals surface area (Å²) in [5, 5.41) is 3.17. The van der Waals surface area contributed by atoms with Crippen molar-refractivity contribution in [3.63, 3.8) is 0 Å². The zero-order chi connectivity index (χ0) is 11.2. The van der Waals surface area contributed by atoms with Crippen LogP contribution in [-0.4, -0.2) is 25.0 Å². The van der Waals surface area contributed by atoms with Crippen LogP contribution in [0.15, 0.2) is 36.4 Å². The van der Waals surface area contributed by atoms with E-state index in [4.69, 9.17) is 0 Å². The molecule has 0 spiro atoms. The third-order valence-electron chi connectivity index (χ3n) is 2.95. The standard InChI is InChI=1S/C14H20N2/c1-15-11-13-5-7-14(8-6-13)12-16-9-3-2-4-10-16/h2-3,5-8,15H,4,9-12H2,1H3. The predicted molar refractivity (Wildman–Crippen MR) is 68.2 cm³/mol. The molecule has 1 N–H and O–H groups in total. The molecule has 2 nitrogen and oxygen atoms in total. The van der Waals surface area contributed by atoms with E-state index in [1.807, 2.05) is 7.05 Å². The van der Waals surface area contributed by atoms with Crippen molar-refractivity contribution in [2.45, 2.75) is 19.5 Å². The first-order valence-corrected chi connectivity index (χ1v) is 5.98. The number of hydrogen-bond acceptors (Lipinski definition) is 2. The number of rotatable bonds is 4. The molecule has 0 aliphatic carbocycles. The van der Waals surface area contributed by atoms with Gasteiger partial charge in [0.1, 0.15) is 0 Å². The van der Waals surface area contributed by atoms with Crippen molar-refractivity contribution in [3.8, 4) is 0 Å². The van der Waals surface area contributed by atoms with Gasteiger partial charge in [0.25, 0.3) is 0 Å². The number of nitrogens with one attached hydrogen (secondary N) is 1. The summed E-state index contributed by atoms with van der Waals surface area (Å²) in [6.07, 6.45) is 5.73. The van der Waals surface area contributed by atoms with Crippen LogP contribution in [0.3, 0.4) is 0 Å². The van der Waals surface area contributed by atoms with Gasteiger partial charge in [0.05, 0.1) is 0 Å². The van der Waals surface area contributed by atoms with Gasteiger partial charge < -0.3 is 5.32 Å². The molecule has 1 heterocycles. The van der Waals surface area contributed by atoms with Gasteiger partial charge in [-0.25, -0.2) is 0 Å². The Hall–Kier alpha value is -1.12. The van der Waals surface area contributed by atoms with Crippen molar-refractivity contribution >= 4 is 0 Å². The smallest absolute Gasteiger partial charge is 0.0237 e. The van der Waals surface area contributed by atoms with Crippen LogP contribution in [0.5, 0.6) is 0 Å². The second-order valence-electron chi connectivity index (χ2n) is 4.34. The summed E-state index contributed by atoms with van der Waals surface area (Å²) in [4.78, 5) is 2.48. The Balaban J connectivity index is 1.91. The summed E-state index contributed by atoms with van der Waals surface area (Å²) in [6, 6.07) is 8.91. The first kappa shape index (κ1) is 11.4. The lowest BCUT2D eigenvalue weighted by Crippen LogP contribution is -2.26. The Morgan fingerprint density at radius 1 is 1.12 bits per heavy atom. The van der Waals surface area contributed by atoms with Crippen molar-refractivity contribution in [2.24, 2.45) is 0 Å². The van der Waals surface area contributed by atoms with Crippen LogP contribution in [0.4, 0.5) is 0 Å². The topological polar surface area (TPSA) is 15.3 Å². The van der Waals surface area contributed by atoms with E-state index >= 15 is 0 Å². The van der Waals surface area contributed by atoms with Gasteiger partial charge in [0, 0.05) is 26.2 Å². The van der Waals surface area contributed by atoms with Gasteiger partial charge >= 0.3 is 0 Å². The van der Waals surface area contributed by atoms with E-state index in [9.17, 15) is 0 Å². The molecule has 1 aromatic carbocycles. The molecule has 0 aromatic heterocycles. The van der Waals surface area contributed by atoms with Crippen LogP contribution >= 0.6 is 0 Å². The second-order valence-corrected chi connectivity index (χ2v) is 4.34. The normalized spacial score (nSPS) is 16.6. The first-order chi connectivity index (χ1) is 7.88. The summed E-state index contributed by atoms with van der Waals surface area (Å²) >= 11 is 0. The van der Waals surface area contributed by atoms with Crippen molar-refractivity contribution in [2.75, 3.05) is 20.1 Å². The zero-order valence-corrected chi connectivity index (χ0v) is 9.95. The summed E-state index contributed by atoms with van der Waals surface area (Å²) < 4.78 is 0. The fourth-order valence-electron chi connectivity index (χ4n) is 2.06. The summed E-state index contributed by atoms with van der Waals surface area (Å²) in [7, 11) is 1.98. The molecular weight excluding hydrogens is 196 g/mol. The van der Waals surface area contributed by atoms with E-state index in [1.54, 1.807) is 0 Å². The van der Waals surface area contributed by atoms with Gasteiger partial charge in [-0.2, -0.15) is 0 Å². The molecule has 0 atom stereocenters. The number of benzene rings is 1. The van der Waals surface area contributed by atoms with Crippen LogP contribution in [0.2, 0.25) is 0 Å². The third kappa shape index (κ3) is 3.19. The van der Waals surface area contributed by atoms with Gasteiger partial charge in [0.2, 0.25) is 0 Å². The Bertz CT molecular complexity index is 340. The average Bonchev–Trinajstić information content (AvgIpc) is 2.33. The highest BCUT2D eigenvalue weighted by Crippen LogP contribution is 2.10. The summed E-state index contributed by atoms with van der Waals surface area (Å²) in [5.41, 5.74) is 2.76. The van der Waals surface area contributed by atoms with Crippen molar-refractivity contribution < 1.29 is 0 Å². The van der Waals surface area contributed by atoms with Crippen LogP contribution in [0.1, 0.15) is 17.5 Å². The maximum absolute atomic E-state index is 3.17. The highest BCUT2D eigenvalue weighted by atomic mass is 15.1. The Labute approximate surface area is 98.0 Å². The highest BCUT2D eigenvalue weighted by Gasteiger charge is 2.06. The molecular formula is C14H20N2. The van der Waals surface area contributed by atoms with E-state index in [0.29, 0.717) is 0 Å². The lowest BCUT2D eigenvalue weighted by molar-refractivity contribution is 0.290. The van der Waals surface area contributed by atoms with Crippen LogP contribution in [0.25, 0.3) is 0 Å². The van der Waals surface area contributed by atoms with Gasteiger partial charge in [-0.1, -0.05) is 36.4 Å². The Morgan fingerprint density at radius 2 is 1.88 bits per heavy atom. The molecule has 0 fully saturated rings. The fraction of sp³-hybridized carbons (Fsp3) is 0.429. The molecule has 2 rings (SSSR count). The predicted octanol–water partition coefficient (Wildman–Crippen LogP) is 2.17. The van der Waals surface area contributed by atoms with Gasteiger partial charge in [-0.05, 0) is 24.6 Å². The van der Waals surface area contributed by atoms with Gasteiger partial charge in [-0.3, -0.25) is 4.90 Å². The Morgan fingerprint density at radius 3 is 2.50 bits per heavy atom. The molecule has 0 amide bonds. The summed E-state index contributed by atoms with van der Waals surface area (Å²) in [6.45, 7) is 4.31. The van der Waals surface area contributed by atoms with Crippen LogP contribution in [0, 0.1) is 0 Å². The minimum atomic E-state index is 0.951. The maximum Gasteiger partial charge on any atom is 0.0237 e. The van der Waals surface area contributed by atoms with Gasteiger partial charge in [0.15, 0.2) is 0 Å². The first-order valence-electron chi connectivity index (χ1n) is 5.98. The highest BCUT2D eigenvalue weighted by molar-refractivity contribution is 5.22. The van der Waals surface area contributed by atoms with E-state index in [-0.39, 0.29) is 0 Å². The van der Waals surface area contributed by atoms with Crippen molar-refractivity contribution in [1.29, 1.82) is 0 Å². The van der Waals surface area contributed by atoms with Crippen LogP contribution in [-0.2, 0) is 13.1 Å². The molecule has 16 heavy (non-hydrogen) atoms. The number of hydrogen-bond donors (Lipinski definition) is 1. The largest absolute Gasteiger partial charge is 0.316 e. The molecule has 0 bridgehead atoms. The molecule has 0 radical (unpaired) electrons. The molecule has 0 saturated heterocycles. The van der Waals surface area contributed by atoms with Gasteiger partial charge in [-0.15, -0.1) is 0 Å². The molecule has 1 aliphatic heterocycles. The zero-order valence-electron chi connectivity index (χ0n) is 9.95. The molecule has 0 saturated carbocycles. The second kappa shape index (κ2) is 5.83. The molecule has 86 valence electrons. The Kier molecular flexibility index (Phi) is 4.14. The molecule has 2 heteroatoms. The van der Waals surface area contributed by atoms with Crippen molar-refractivity contribution in [3.05, 3.63) is 47.5 Å². The SMILES string of the molecule is CNCc1ccc(CN2CC=CCC2)cc1. The van der Waals surface area contributed by atoms with E-state index in [0.717, 1.165) is 19.6 Å². The average molecular weight is 216 g/mol. The lowest BCUT2D eigenvalue weighted by atomic mass is 10.1. The molecule has 1 aliphatic rings. The third-order valence-corrected chi connectivity index (χ3v) is 2.95. The fourth-order valence-corrected chi connectivity index (χ4v) is 2.06. The minimum absolute atomic E-state index is 0.951. The summed E-state index contributed by atoms with van der Waals surface area (Å²) in [5.74, 6) is 0. The van der Waals surface area contributed by atoms with E-state index in [2.05, 4.69) is 46.6 Å². The quantitative estimate of drug-likeness (QED) is 0.776. The maximum atomic E-state index is 3.17. The van der Waals surface area contributed by atoms with E-state index in [1.165, 1.54) is 24.1 Å². The molecule has 0 unspecified atom stereocenters. The molecule has 1 aromatic rings. The lowest BCUT2D eigenvalue weighted by Gasteiger charge is -2.23. The van der Waals surface area contributed by atoms with E-state index < -0.39 is 0 Å². The van der Waals surface area contributed by atoms with Crippen LogP contribution < -0.4 is 5.32 Å². The monoisotopic (exact) mass is 216 g/mol. The minimum Gasteiger partial charge on any atom is -0.316 e.